The van der Waals surface area contributed by atoms with Crippen molar-refractivity contribution in [3.8, 4) is 6.07 Å². The number of piperidine rings is 1. The zero-order valence-electron chi connectivity index (χ0n) is 10.3. The summed E-state index contributed by atoms with van der Waals surface area (Å²) in [5.74, 6) is 0.171. The summed E-state index contributed by atoms with van der Waals surface area (Å²) in [5.41, 5.74) is 0. The predicted molar refractivity (Wildman–Crippen MR) is 62.8 cm³/mol. The van der Waals surface area contributed by atoms with Crippen molar-refractivity contribution in [1.82, 2.24) is 9.80 Å². The van der Waals surface area contributed by atoms with Crippen LogP contribution in [0.5, 0.6) is 0 Å². The number of rotatable bonds is 4. The van der Waals surface area contributed by atoms with Gasteiger partial charge >= 0.3 is 0 Å². The fourth-order valence-electron chi connectivity index (χ4n) is 2.13. The van der Waals surface area contributed by atoms with Crippen LogP contribution in [-0.4, -0.2) is 47.9 Å². The lowest BCUT2D eigenvalue weighted by Gasteiger charge is -2.34. The Morgan fingerprint density at radius 1 is 1.56 bits per heavy atom. The topological polar surface area (TPSA) is 47.3 Å². The van der Waals surface area contributed by atoms with Crippen LogP contribution in [0, 0.1) is 11.3 Å². The van der Waals surface area contributed by atoms with Crippen molar-refractivity contribution >= 4 is 5.91 Å². The first-order chi connectivity index (χ1) is 7.69. The van der Waals surface area contributed by atoms with Crippen molar-refractivity contribution in [1.29, 1.82) is 5.26 Å². The molecule has 0 saturated carbocycles. The van der Waals surface area contributed by atoms with Crippen LogP contribution in [0.4, 0.5) is 0 Å². The molecule has 0 aromatic carbocycles. The Morgan fingerprint density at radius 2 is 2.31 bits per heavy atom. The molecule has 1 saturated heterocycles. The van der Waals surface area contributed by atoms with Gasteiger partial charge in [0.05, 0.1) is 19.2 Å². The molecule has 90 valence electrons. The Bertz CT molecular complexity index is 272. The van der Waals surface area contributed by atoms with Crippen LogP contribution in [-0.2, 0) is 4.79 Å². The summed E-state index contributed by atoms with van der Waals surface area (Å²) in [4.78, 5) is 15.9. The van der Waals surface area contributed by atoms with Crippen molar-refractivity contribution in [3.05, 3.63) is 0 Å². The van der Waals surface area contributed by atoms with E-state index in [-0.39, 0.29) is 5.91 Å². The highest BCUT2D eigenvalue weighted by Crippen LogP contribution is 2.16. The molecule has 1 amide bonds. The average Bonchev–Trinajstić information content (AvgIpc) is 2.28. The molecule has 1 atom stereocenters. The fraction of sp³-hybridized carbons (Fsp3) is 0.833. The molecule has 1 unspecified atom stereocenters. The zero-order chi connectivity index (χ0) is 12.0. The molecule has 0 aromatic rings. The summed E-state index contributed by atoms with van der Waals surface area (Å²) in [6.07, 6.45) is 3.44. The molecule has 16 heavy (non-hydrogen) atoms. The highest BCUT2D eigenvalue weighted by atomic mass is 16.2. The fourth-order valence-corrected chi connectivity index (χ4v) is 2.13. The maximum absolute atomic E-state index is 12.0. The van der Waals surface area contributed by atoms with E-state index < -0.39 is 0 Å². The van der Waals surface area contributed by atoms with Gasteiger partial charge in [0.15, 0.2) is 0 Å². The molecule has 1 heterocycles. The zero-order valence-corrected chi connectivity index (χ0v) is 10.3. The van der Waals surface area contributed by atoms with E-state index in [1.165, 1.54) is 6.42 Å². The number of carbonyl (C=O) groups excluding carboxylic acids is 1. The number of likely N-dealkylation sites (N-methyl/N-ethyl adjacent to an activating group) is 1. The maximum Gasteiger partial charge on any atom is 0.237 e. The summed E-state index contributed by atoms with van der Waals surface area (Å²) in [6.45, 7) is 6.44. The molecule has 0 bridgehead atoms. The largest absolute Gasteiger partial charge is 0.339 e. The van der Waals surface area contributed by atoms with Crippen LogP contribution in [0.3, 0.4) is 0 Å². The predicted octanol–water partition coefficient (Wildman–Crippen LogP) is 1.23. The molecule has 0 aromatic heterocycles. The number of hydrogen-bond acceptors (Lipinski definition) is 3. The van der Waals surface area contributed by atoms with Gasteiger partial charge in [-0.2, -0.15) is 5.26 Å². The van der Waals surface area contributed by atoms with E-state index in [2.05, 4.69) is 13.0 Å². The van der Waals surface area contributed by atoms with Crippen molar-refractivity contribution in [2.75, 3.05) is 26.2 Å². The highest BCUT2D eigenvalue weighted by molar-refractivity contribution is 5.78. The summed E-state index contributed by atoms with van der Waals surface area (Å²) >= 11 is 0. The molecule has 1 aliphatic heterocycles. The van der Waals surface area contributed by atoms with Crippen molar-refractivity contribution < 1.29 is 4.79 Å². The molecule has 0 spiro atoms. The second kappa shape index (κ2) is 6.49. The van der Waals surface area contributed by atoms with Crippen molar-refractivity contribution in [2.24, 2.45) is 0 Å². The first kappa shape index (κ1) is 13.0. The molecular formula is C12H21N3O. The Morgan fingerprint density at radius 3 is 2.88 bits per heavy atom. The van der Waals surface area contributed by atoms with Crippen LogP contribution in [0.25, 0.3) is 0 Å². The quantitative estimate of drug-likeness (QED) is 0.674. The first-order valence-electron chi connectivity index (χ1n) is 6.07. The van der Waals surface area contributed by atoms with Gasteiger partial charge in [-0.05, 0) is 32.7 Å². The van der Waals surface area contributed by atoms with E-state index in [4.69, 9.17) is 5.26 Å². The second-order valence-electron chi connectivity index (χ2n) is 4.39. The van der Waals surface area contributed by atoms with Crippen molar-refractivity contribution in [3.63, 3.8) is 0 Å². The van der Waals surface area contributed by atoms with Gasteiger partial charge in [-0.1, -0.05) is 6.92 Å². The third-order valence-electron chi connectivity index (χ3n) is 3.22. The number of hydrogen-bond donors (Lipinski definition) is 0. The number of amides is 1. The van der Waals surface area contributed by atoms with Gasteiger partial charge in [-0.3, -0.25) is 9.69 Å². The second-order valence-corrected chi connectivity index (χ2v) is 4.39. The summed E-state index contributed by atoms with van der Waals surface area (Å²) in [6, 6.07) is 2.46. The van der Waals surface area contributed by atoms with Crippen LogP contribution in [0.2, 0.25) is 0 Å². The molecule has 0 radical (unpaired) electrons. The van der Waals surface area contributed by atoms with Gasteiger partial charge in [0.25, 0.3) is 0 Å². The van der Waals surface area contributed by atoms with Gasteiger partial charge in [-0.15, -0.1) is 0 Å². The molecule has 4 heteroatoms. The molecule has 1 fully saturated rings. The molecule has 0 N–H and O–H groups in total. The van der Waals surface area contributed by atoms with E-state index in [0.717, 1.165) is 25.9 Å². The molecular weight excluding hydrogens is 202 g/mol. The Labute approximate surface area is 97.8 Å². The molecule has 0 aliphatic carbocycles. The van der Waals surface area contributed by atoms with Gasteiger partial charge in [0.1, 0.15) is 0 Å². The number of carbonyl (C=O) groups is 1. The minimum absolute atomic E-state index is 0.171. The van der Waals surface area contributed by atoms with Crippen molar-refractivity contribution in [2.45, 2.75) is 39.2 Å². The maximum atomic E-state index is 12.0. The molecule has 1 rings (SSSR count). The van der Waals surface area contributed by atoms with E-state index in [1.54, 1.807) is 0 Å². The van der Waals surface area contributed by atoms with Gasteiger partial charge < -0.3 is 4.90 Å². The van der Waals surface area contributed by atoms with Crippen LogP contribution >= 0.6 is 0 Å². The van der Waals surface area contributed by atoms with Gasteiger partial charge in [0.2, 0.25) is 5.91 Å². The summed E-state index contributed by atoms with van der Waals surface area (Å²) < 4.78 is 0. The van der Waals surface area contributed by atoms with Crippen LogP contribution in [0.15, 0.2) is 0 Å². The Balaban J connectivity index is 2.46. The number of nitriles is 1. The smallest absolute Gasteiger partial charge is 0.237 e. The van der Waals surface area contributed by atoms with Crippen LogP contribution < -0.4 is 0 Å². The van der Waals surface area contributed by atoms with E-state index >= 15 is 0 Å². The number of likely N-dealkylation sites (tertiary alicyclic amines) is 1. The summed E-state index contributed by atoms with van der Waals surface area (Å²) in [7, 11) is 0. The Hall–Kier alpha value is -1.08. The molecule has 4 nitrogen and oxygen atoms in total. The van der Waals surface area contributed by atoms with E-state index in [1.807, 2.05) is 16.7 Å². The van der Waals surface area contributed by atoms with Crippen LogP contribution in [0.1, 0.15) is 33.1 Å². The highest BCUT2D eigenvalue weighted by Gasteiger charge is 2.23. The first-order valence-corrected chi connectivity index (χ1v) is 6.07. The monoisotopic (exact) mass is 223 g/mol. The van der Waals surface area contributed by atoms with E-state index in [0.29, 0.717) is 19.1 Å². The standard InChI is InChI=1S/C12H21N3O/c1-3-14(9-7-13)10-12(16)15-8-5-4-6-11(15)2/h11H,3-6,8-10H2,1-2H3. The minimum atomic E-state index is 0.171. The third-order valence-corrected chi connectivity index (χ3v) is 3.22. The van der Waals surface area contributed by atoms with E-state index in [9.17, 15) is 4.79 Å². The van der Waals surface area contributed by atoms with Gasteiger partial charge in [0, 0.05) is 12.6 Å². The lowest BCUT2D eigenvalue weighted by Crippen LogP contribution is -2.47. The summed E-state index contributed by atoms with van der Waals surface area (Å²) in [5, 5.41) is 8.63. The van der Waals surface area contributed by atoms with Gasteiger partial charge in [-0.25, -0.2) is 0 Å². The minimum Gasteiger partial charge on any atom is -0.339 e. The lowest BCUT2D eigenvalue weighted by atomic mass is 10.0. The molecule has 1 aliphatic rings. The lowest BCUT2D eigenvalue weighted by molar-refractivity contribution is -0.135. The third kappa shape index (κ3) is 3.49. The Kier molecular flexibility index (Phi) is 5.27. The normalized spacial score (nSPS) is 20.9. The number of nitrogens with zero attached hydrogens (tertiary/aromatic N) is 3. The average molecular weight is 223 g/mol. The SMILES string of the molecule is CCN(CC#N)CC(=O)N1CCCCC1C.